The van der Waals surface area contributed by atoms with Crippen LogP contribution in [0.1, 0.15) is 11.1 Å². The van der Waals surface area contributed by atoms with E-state index in [9.17, 15) is 4.79 Å². The first-order valence-corrected chi connectivity index (χ1v) is 7.32. The van der Waals surface area contributed by atoms with E-state index in [0.29, 0.717) is 6.42 Å². The van der Waals surface area contributed by atoms with Gasteiger partial charge in [-0.2, -0.15) is 0 Å². The van der Waals surface area contributed by atoms with Crippen molar-refractivity contribution in [3.8, 4) is 0 Å². The SMILES string of the molecule is Cc1ccccc1NC(=O)C(N)Cc1c[nH]c2ccccc12. The second-order valence-electron chi connectivity index (χ2n) is 5.47. The lowest BCUT2D eigenvalue weighted by atomic mass is 10.0. The van der Waals surface area contributed by atoms with E-state index in [1.165, 1.54) is 0 Å². The van der Waals surface area contributed by atoms with Gasteiger partial charge < -0.3 is 16.0 Å². The van der Waals surface area contributed by atoms with E-state index in [1.807, 2.05) is 61.7 Å². The molecule has 0 saturated heterocycles. The number of hydrogen-bond donors (Lipinski definition) is 3. The molecule has 0 bridgehead atoms. The van der Waals surface area contributed by atoms with Crippen LogP contribution in [-0.2, 0) is 11.2 Å². The van der Waals surface area contributed by atoms with Crippen molar-refractivity contribution in [2.45, 2.75) is 19.4 Å². The molecule has 3 rings (SSSR count). The summed E-state index contributed by atoms with van der Waals surface area (Å²) in [5.41, 5.74) is 10.0. The summed E-state index contributed by atoms with van der Waals surface area (Å²) in [6.07, 6.45) is 2.42. The number of fused-ring (bicyclic) bond motifs is 1. The highest BCUT2D eigenvalue weighted by Gasteiger charge is 2.16. The van der Waals surface area contributed by atoms with Crippen LogP contribution in [0.15, 0.2) is 54.7 Å². The molecule has 2 aromatic carbocycles. The molecular weight excluding hydrogens is 274 g/mol. The van der Waals surface area contributed by atoms with E-state index in [0.717, 1.165) is 27.7 Å². The third-order valence-corrected chi connectivity index (χ3v) is 3.85. The summed E-state index contributed by atoms with van der Waals surface area (Å²) in [5, 5.41) is 4.01. The zero-order valence-electron chi connectivity index (χ0n) is 12.5. The minimum absolute atomic E-state index is 0.167. The number of anilines is 1. The molecule has 0 spiro atoms. The molecule has 1 heterocycles. The molecule has 1 amide bonds. The van der Waals surface area contributed by atoms with Crippen molar-refractivity contribution >= 4 is 22.5 Å². The summed E-state index contributed by atoms with van der Waals surface area (Å²) in [7, 11) is 0. The molecule has 0 saturated carbocycles. The van der Waals surface area contributed by atoms with Crippen molar-refractivity contribution in [1.82, 2.24) is 4.98 Å². The molecule has 22 heavy (non-hydrogen) atoms. The number of aromatic nitrogens is 1. The molecule has 1 aromatic heterocycles. The van der Waals surface area contributed by atoms with Gasteiger partial charge in [-0.1, -0.05) is 36.4 Å². The van der Waals surface area contributed by atoms with E-state index < -0.39 is 6.04 Å². The van der Waals surface area contributed by atoms with Gasteiger partial charge in [0.25, 0.3) is 0 Å². The lowest BCUT2D eigenvalue weighted by Gasteiger charge is -2.13. The smallest absolute Gasteiger partial charge is 0.241 e. The van der Waals surface area contributed by atoms with E-state index in [-0.39, 0.29) is 5.91 Å². The van der Waals surface area contributed by atoms with Crippen LogP contribution in [0.25, 0.3) is 10.9 Å². The highest BCUT2D eigenvalue weighted by molar-refractivity contribution is 5.96. The minimum Gasteiger partial charge on any atom is -0.361 e. The number of nitrogens with one attached hydrogen (secondary N) is 2. The van der Waals surface area contributed by atoms with E-state index in [2.05, 4.69) is 10.3 Å². The third kappa shape index (κ3) is 2.87. The molecule has 4 nitrogen and oxygen atoms in total. The number of H-pyrrole nitrogens is 1. The summed E-state index contributed by atoms with van der Waals surface area (Å²) in [4.78, 5) is 15.5. The molecule has 0 aliphatic carbocycles. The average molecular weight is 293 g/mol. The van der Waals surface area contributed by atoms with Crippen LogP contribution in [-0.4, -0.2) is 16.9 Å². The number of rotatable bonds is 4. The maximum absolute atomic E-state index is 12.3. The first kappa shape index (κ1) is 14.4. The highest BCUT2D eigenvalue weighted by Crippen LogP contribution is 2.19. The van der Waals surface area contributed by atoms with E-state index in [1.54, 1.807) is 0 Å². The van der Waals surface area contributed by atoms with E-state index in [4.69, 9.17) is 5.73 Å². The Hall–Kier alpha value is -2.59. The largest absolute Gasteiger partial charge is 0.361 e. The fourth-order valence-corrected chi connectivity index (χ4v) is 2.57. The number of hydrogen-bond acceptors (Lipinski definition) is 2. The lowest BCUT2D eigenvalue weighted by Crippen LogP contribution is -2.37. The summed E-state index contributed by atoms with van der Waals surface area (Å²) < 4.78 is 0. The van der Waals surface area contributed by atoms with Crippen molar-refractivity contribution in [3.05, 3.63) is 65.9 Å². The Balaban J connectivity index is 1.73. The fraction of sp³-hybridized carbons (Fsp3) is 0.167. The van der Waals surface area contributed by atoms with Gasteiger partial charge in [-0.3, -0.25) is 4.79 Å². The predicted molar refractivity (Wildman–Crippen MR) is 89.8 cm³/mol. The van der Waals surface area contributed by atoms with Crippen molar-refractivity contribution < 1.29 is 4.79 Å². The molecule has 4 N–H and O–H groups in total. The number of benzene rings is 2. The predicted octanol–water partition coefficient (Wildman–Crippen LogP) is 2.98. The zero-order valence-corrected chi connectivity index (χ0v) is 12.5. The maximum atomic E-state index is 12.3. The number of nitrogens with two attached hydrogens (primary N) is 1. The first-order chi connectivity index (χ1) is 10.6. The summed E-state index contributed by atoms with van der Waals surface area (Å²) in [5.74, 6) is -0.167. The topological polar surface area (TPSA) is 70.9 Å². The Bertz CT molecular complexity index is 807. The van der Waals surface area contributed by atoms with Gasteiger partial charge in [-0.25, -0.2) is 0 Å². The first-order valence-electron chi connectivity index (χ1n) is 7.32. The molecule has 0 aliphatic heterocycles. The molecule has 1 unspecified atom stereocenters. The van der Waals surface area contributed by atoms with Crippen molar-refractivity contribution in [2.24, 2.45) is 5.73 Å². The summed E-state index contributed by atoms with van der Waals surface area (Å²) in [6.45, 7) is 1.96. The van der Waals surface area contributed by atoms with Gasteiger partial charge in [0, 0.05) is 22.8 Å². The molecule has 0 fully saturated rings. The van der Waals surface area contributed by atoms with Gasteiger partial charge >= 0.3 is 0 Å². The Morgan fingerprint density at radius 1 is 1.18 bits per heavy atom. The van der Waals surface area contributed by atoms with Crippen LogP contribution < -0.4 is 11.1 Å². The average Bonchev–Trinajstić information content (AvgIpc) is 2.93. The van der Waals surface area contributed by atoms with Crippen molar-refractivity contribution in [2.75, 3.05) is 5.32 Å². The number of para-hydroxylation sites is 2. The number of amides is 1. The molecule has 4 heteroatoms. The van der Waals surface area contributed by atoms with Gasteiger partial charge in [0.15, 0.2) is 0 Å². The standard InChI is InChI=1S/C18H19N3O/c1-12-6-2-4-8-16(12)21-18(22)15(19)10-13-11-20-17-9-5-3-7-14(13)17/h2-9,11,15,20H,10,19H2,1H3,(H,21,22). The van der Waals surface area contributed by atoms with Gasteiger partial charge in [-0.15, -0.1) is 0 Å². The Kier molecular flexibility index (Phi) is 3.94. The molecule has 0 aliphatic rings. The van der Waals surface area contributed by atoms with Crippen LogP contribution >= 0.6 is 0 Å². The molecule has 3 aromatic rings. The number of carbonyl (C=O) groups excluding carboxylic acids is 1. The monoisotopic (exact) mass is 293 g/mol. The Morgan fingerprint density at radius 2 is 1.91 bits per heavy atom. The second-order valence-corrected chi connectivity index (χ2v) is 5.47. The molecular formula is C18H19N3O. The second kappa shape index (κ2) is 6.03. The summed E-state index contributed by atoms with van der Waals surface area (Å²) in [6, 6.07) is 15.1. The maximum Gasteiger partial charge on any atom is 0.241 e. The number of aryl methyl sites for hydroxylation is 1. The fourth-order valence-electron chi connectivity index (χ4n) is 2.57. The van der Waals surface area contributed by atoms with Crippen LogP contribution in [0.2, 0.25) is 0 Å². The molecule has 112 valence electrons. The van der Waals surface area contributed by atoms with Gasteiger partial charge in [0.2, 0.25) is 5.91 Å². The molecule has 0 radical (unpaired) electrons. The Morgan fingerprint density at radius 3 is 2.73 bits per heavy atom. The van der Waals surface area contributed by atoms with E-state index >= 15 is 0 Å². The third-order valence-electron chi connectivity index (χ3n) is 3.85. The zero-order chi connectivity index (χ0) is 15.5. The summed E-state index contributed by atoms with van der Waals surface area (Å²) >= 11 is 0. The quantitative estimate of drug-likeness (QED) is 0.692. The van der Waals surface area contributed by atoms with Gasteiger partial charge in [0.1, 0.15) is 0 Å². The number of aromatic amines is 1. The van der Waals surface area contributed by atoms with Gasteiger partial charge in [-0.05, 0) is 36.6 Å². The normalized spacial score (nSPS) is 12.3. The van der Waals surface area contributed by atoms with Crippen LogP contribution in [0, 0.1) is 6.92 Å². The molecule has 1 atom stereocenters. The highest BCUT2D eigenvalue weighted by atomic mass is 16.2. The minimum atomic E-state index is -0.584. The van der Waals surface area contributed by atoms with Crippen molar-refractivity contribution in [3.63, 3.8) is 0 Å². The van der Waals surface area contributed by atoms with Gasteiger partial charge in [0.05, 0.1) is 6.04 Å². The number of carbonyl (C=O) groups is 1. The van der Waals surface area contributed by atoms with Crippen LogP contribution in [0.5, 0.6) is 0 Å². The lowest BCUT2D eigenvalue weighted by molar-refractivity contribution is -0.117. The van der Waals surface area contributed by atoms with Crippen LogP contribution in [0.4, 0.5) is 5.69 Å². The van der Waals surface area contributed by atoms with Crippen molar-refractivity contribution in [1.29, 1.82) is 0 Å². The van der Waals surface area contributed by atoms with Crippen LogP contribution in [0.3, 0.4) is 0 Å². The Labute approximate surface area is 129 Å².